The summed E-state index contributed by atoms with van der Waals surface area (Å²) in [4.78, 5) is 14.3. The lowest BCUT2D eigenvalue weighted by atomic mass is 10.2. The normalized spacial score (nSPS) is 10.1. The number of methoxy groups -OCH3 is 1. The molecule has 20 heavy (non-hydrogen) atoms. The summed E-state index contributed by atoms with van der Waals surface area (Å²) in [7, 11) is 1.48. The molecule has 7 nitrogen and oxygen atoms in total. The molecule has 0 spiro atoms. The minimum Gasteiger partial charge on any atom is -0.495 e. The summed E-state index contributed by atoms with van der Waals surface area (Å²) in [5, 5.41) is 14.2. The predicted octanol–water partition coefficient (Wildman–Crippen LogP) is 2.98. The fourth-order valence-corrected chi connectivity index (χ4v) is 1.78. The molecule has 8 heteroatoms. The van der Waals surface area contributed by atoms with Gasteiger partial charge in [0.05, 0.1) is 17.7 Å². The lowest BCUT2D eigenvalue weighted by Crippen LogP contribution is -2.03. The van der Waals surface area contributed by atoms with Crippen molar-refractivity contribution in [1.82, 2.24) is 4.98 Å². The Morgan fingerprint density at radius 1 is 1.40 bits per heavy atom. The lowest BCUT2D eigenvalue weighted by Gasteiger charge is -2.11. The molecule has 0 unspecified atom stereocenters. The van der Waals surface area contributed by atoms with E-state index in [0.29, 0.717) is 16.5 Å². The van der Waals surface area contributed by atoms with E-state index < -0.39 is 4.92 Å². The summed E-state index contributed by atoms with van der Waals surface area (Å²) in [6.07, 6.45) is 0. The third-order valence-corrected chi connectivity index (χ3v) is 2.74. The molecule has 0 aliphatic carbocycles. The summed E-state index contributed by atoms with van der Waals surface area (Å²) in [5.41, 5.74) is 5.82. The molecule has 0 saturated heterocycles. The van der Waals surface area contributed by atoms with Gasteiger partial charge < -0.3 is 15.8 Å². The number of nitrogens with zero attached hydrogens (tertiary/aromatic N) is 2. The van der Waals surface area contributed by atoms with Crippen molar-refractivity contribution < 1.29 is 9.66 Å². The van der Waals surface area contributed by atoms with Crippen molar-refractivity contribution in [3.63, 3.8) is 0 Å². The molecule has 0 saturated carbocycles. The zero-order valence-electron chi connectivity index (χ0n) is 10.5. The minimum atomic E-state index is -0.550. The molecule has 0 aliphatic heterocycles. The minimum absolute atomic E-state index is 0.0237. The second kappa shape index (κ2) is 5.62. The van der Waals surface area contributed by atoms with Crippen LogP contribution < -0.4 is 15.8 Å². The molecule has 0 fully saturated rings. The molecule has 2 aromatic rings. The number of nitro groups is 1. The van der Waals surface area contributed by atoms with Crippen LogP contribution in [-0.2, 0) is 0 Å². The van der Waals surface area contributed by atoms with Gasteiger partial charge in [0.15, 0.2) is 0 Å². The van der Waals surface area contributed by atoms with Gasteiger partial charge in [0.2, 0.25) is 5.82 Å². The molecule has 0 aliphatic rings. The van der Waals surface area contributed by atoms with Crippen molar-refractivity contribution in [3.05, 3.63) is 45.5 Å². The van der Waals surface area contributed by atoms with Gasteiger partial charge >= 0.3 is 5.69 Å². The standard InChI is InChI=1S/C12H11ClN4O3/c1-20-10-4-2-7(13)6-8(10)15-12-9(17(18)19)3-5-11(14)16-12/h2-6H,1H3,(H3,14,15,16). The SMILES string of the molecule is COc1ccc(Cl)cc1Nc1nc(N)ccc1[N+](=O)[O-]. The Morgan fingerprint density at radius 2 is 2.15 bits per heavy atom. The highest BCUT2D eigenvalue weighted by Gasteiger charge is 2.17. The monoisotopic (exact) mass is 294 g/mol. The maximum atomic E-state index is 11.0. The number of benzene rings is 1. The topological polar surface area (TPSA) is 103 Å². The number of nitrogens with one attached hydrogen (secondary N) is 1. The number of ether oxygens (including phenoxy) is 1. The fourth-order valence-electron chi connectivity index (χ4n) is 1.61. The van der Waals surface area contributed by atoms with Gasteiger partial charge in [-0.15, -0.1) is 0 Å². The molecule has 0 bridgehead atoms. The van der Waals surface area contributed by atoms with Crippen molar-refractivity contribution >= 4 is 34.6 Å². The van der Waals surface area contributed by atoms with Crippen LogP contribution in [0.3, 0.4) is 0 Å². The zero-order chi connectivity index (χ0) is 14.7. The highest BCUT2D eigenvalue weighted by atomic mass is 35.5. The second-order valence-electron chi connectivity index (χ2n) is 3.83. The first-order chi connectivity index (χ1) is 9.51. The Balaban J connectivity index is 2.46. The van der Waals surface area contributed by atoms with Crippen LogP contribution in [0, 0.1) is 10.1 Å². The first kappa shape index (κ1) is 13.9. The Kier molecular flexibility index (Phi) is 3.90. The first-order valence-electron chi connectivity index (χ1n) is 5.52. The number of rotatable bonds is 4. The van der Waals surface area contributed by atoms with Crippen LogP contribution in [0.2, 0.25) is 5.02 Å². The molecule has 104 valence electrons. The summed E-state index contributed by atoms with van der Waals surface area (Å²) >= 11 is 5.90. The summed E-state index contributed by atoms with van der Waals surface area (Å²) in [6.45, 7) is 0. The quantitative estimate of drug-likeness (QED) is 0.663. The van der Waals surface area contributed by atoms with Crippen LogP contribution in [-0.4, -0.2) is 17.0 Å². The molecule has 0 atom stereocenters. The summed E-state index contributed by atoms with van der Waals surface area (Å²) < 4.78 is 5.15. The van der Waals surface area contributed by atoms with E-state index in [9.17, 15) is 10.1 Å². The molecule has 0 amide bonds. The van der Waals surface area contributed by atoms with Crippen LogP contribution >= 0.6 is 11.6 Å². The third-order valence-electron chi connectivity index (χ3n) is 2.51. The average Bonchev–Trinajstić information content (AvgIpc) is 2.38. The molecule has 1 aromatic heterocycles. The van der Waals surface area contributed by atoms with Crippen LogP contribution in [0.5, 0.6) is 5.75 Å². The van der Waals surface area contributed by atoms with Gasteiger partial charge in [0.1, 0.15) is 11.6 Å². The van der Waals surface area contributed by atoms with Crippen molar-refractivity contribution in [2.45, 2.75) is 0 Å². The van der Waals surface area contributed by atoms with Gasteiger partial charge in [-0.05, 0) is 24.3 Å². The molecule has 0 radical (unpaired) electrons. The molecular formula is C12H11ClN4O3. The Labute approximate surface area is 119 Å². The highest BCUT2D eigenvalue weighted by molar-refractivity contribution is 6.31. The number of nitrogens with two attached hydrogens (primary N) is 1. The van der Waals surface area contributed by atoms with E-state index in [1.807, 2.05) is 0 Å². The number of anilines is 3. The van der Waals surface area contributed by atoms with Gasteiger partial charge in [-0.1, -0.05) is 11.6 Å². The number of hydrogen-bond donors (Lipinski definition) is 2. The maximum Gasteiger partial charge on any atom is 0.311 e. The van der Waals surface area contributed by atoms with E-state index in [4.69, 9.17) is 22.1 Å². The summed E-state index contributed by atoms with van der Waals surface area (Å²) in [6, 6.07) is 7.50. The van der Waals surface area contributed by atoms with Crippen molar-refractivity contribution in [1.29, 1.82) is 0 Å². The number of halogens is 1. The zero-order valence-corrected chi connectivity index (χ0v) is 11.2. The van der Waals surface area contributed by atoms with E-state index in [1.54, 1.807) is 18.2 Å². The van der Waals surface area contributed by atoms with E-state index in [1.165, 1.54) is 19.2 Å². The number of pyridine rings is 1. The van der Waals surface area contributed by atoms with Gasteiger partial charge in [-0.2, -0.15) is 0 Å². The highest BCUT2D eigenvalue weighted by Crippen LogP contribution is 2.33. The van der Waals surface area contributed by atoms with Crippen LogP contribution in [0.4, 0.5) is 23.0 Å². The second-order valence-corrected chi connectivity index (χ2v) is 4.27. The number of hydrogen-bond acceptors (Lipinski definition) is 6. The third kappa shape index (κ3) is 2.89. The number of nitrogen functional groups attached to an aromatic ring is 1. The molecular weight excluding hydrogens is 284 g/mol. The molecule has 2 rings (SSSR count). The van der Waals surface area contributed by atoms with E-state index >= 15 is 0 Å². The smallest absolute Gasteiger partial charge is 0.311 e. The molecule has 1 aromatic carbocycles. The Bertz CT molecular complexity index is 663. The van der Waals surface area contributed by atoms with Gasteiger partial charge in [-0.25, -0.2) is 4.98 Å². The van der Waals surface area contributed by atoms with Crippen molar-refractivity contribution in [2.24, 2.45) is 0 Å². The fraction of sp³-hybridized carbons (Fsp3) is 0.0833. The van der Waals surface area contributed by atoms with Crippen LogP contribution in [0.25, 0.3) is 0 Å². The largest absolute Gasteiger partial charge is 0.495 e. The maximum absolute atomic E-state index is 11.0. The number of aromatic nitrogens is 1. The molecule has 1 heterocycles. The van der Waals surface area contributed by atoms with Crippen LogP contribution in [0.15, 0.2) is 30.3 Å². The first-order valence-corrected chi connectivity index (χ1v) is 5.90. The van der Waals surface area contributed by atoms with Crippen molar-refractivity contribution in [2.75, 3.05) is 18.2 Å². The molecule has 3 N–H and O–H groups in total. The van der Waals surface area contributed by atoms with Crippen molar-refractivity contribution in [3.8, 4) is 5.75 Å². The van der Waals surface area contributed by atoms with E-state index in [2.05, 4.69) is 10.3 Å². The predicted molar refractivity (Wildman–Crippen MR) is 76.6 cm³/mol. The average molecular weight is 295 g/mol. The lowest BCUT2D eigenvalue weighted by molar-refractivity contribution is -0.384. The van der Waals surface area contributed by atoms with E-state index in [0.717, 1.165) is 0 Å². The van der Waals surface area contributed by atoms with Gasteiger partial charge in [0, 0.05) is 11.1 Å². The van der Waals surface area contributed by atoms with Gasteiger partial charge in [-0.3, -0.25) is 10.1 Å². The Hall–Kier alpha value is -2.54. The van der Waals surface area contributed by atoms with E-state index in [-0.39, 0.29) is 17.3 Å². The Morgan fingerprint density at radius 3 is 2.80 bits per heavy atom. The van der Waals surface area contributed by atoms with Gasteiger partial charge in [0.25, 0.3) is 0 Å². The summed E-state index contributed by atoms with van der Waals surface area (Å²) in [5.74, 6) is 0.669. The van der Waals surface area contributed by atoms with Crippen LogP contribution in [0.1, 0.15) is 0 Å².